The molecule has 0 saturated carbocycles. The first-order chi connectivity index (χ1) is 12.8. The number of benzene rings is 1. The van der Waals surface area contributed by atoms with Crippen molar-refractivity contribution in [3.63, 3.8) is 0 Å². The number of fused-ring (bicyclic) bond motifs is 1. The van der Waals surface area contributed by atoms with Crippen molar-refractivity contribution in [3.05, 3.63) is 53.3 Å². The fraction of sp³-hybridized carbons (Fsp3) is 0.167. The minimum Gasteiger partial charge on any atom is -0.399 e. The van der Waals surface area contributed by atoms with Crippen LogP contribution in [0.5, 0.6) is 0 Å². The van der Waals surface area contributed by atoms with Crippen molar-refractivity contribution in [1.29, 1.82) is 0 Å². The number of hydrogen-bond donors (Lipinski definition) is 3. The van der Waals surface area contributed by atoms with Gasteiger partial charge in [0.1, 0.15) is 0 Å². The van der Waals surface area contributed by atoms with Crippen LogP contribution in [0.4, 0.5) is 18.9 Å². The second-order valence-corrected chi connectivity index (χ2v) is 6.15. The largest absolute Gasteiger partial charge is 0.417 e. The Morgan fingerprint density at radius 3 is 2.67 bits per heavy atom. The summed E-state index contributed by atoms with van der Waals surface area (Å²) in [5.74, 6) is -0.261. The summed E-state index contributed by atoms with van der Waals surface area (Å²) in [5, 5.41) is 2.74. The molecule has 138 valence electrons. The standard InChI is InChI=1S/C18H14F3N5O/c19-18(20,21)12-7-9(22)1-2-10(12)16-23-5-4-14(26-16)15-8-11-13(25-15)3-6-24-17(11)27/h1-2,4-5,7-8,25H,3,6,22H2,(H,24,27). The van der Waals surface area contributed by atoms with Crippen molar-refractivity contribution in [1.82, 2.24) is 20.3 Å². The van der Waals surface area contributed by atoms with Crippen LogP contribution < -0.4 is 11.1 Å². The first-order valence-electron chi connectivity index (χ1n) is 8.13. The van der Waals surface area contributed by atoms with Gasteiger partial charge in [-0.1, -0.05) is 0 Å². The van der Waals surface area contributed by atoms with E-state index in [1.165, 1.54) is 18.3 Å². The Balaban J connectivity index is 1.80. The molecule has 0 saturated heterocycles. The van der Waals surface area contributed by atoms with Crippen molar-refractivity contribution in [2.45, 2.75) is 12.6 Å². The van der Waals surface area contributed by atoms with Gasteiger partial charge in [0, 0.05) is 36.1 Å². The number of aromatic amines is 1. The molecule has 6 nitrogen and oxygen atoms in total. The molecule has 0 radical (unpaired) electrons. The minimum atomic E-state index is -4.59. The second kappa shape index (κ2) is 6.11. The monoisotopic (exact) mass is 373 g/mol. The molecule has 0 bridgehead atoms. The lowest BCUT2D eigenvalue weighted by molar-refractivity contribution is -0.137. The second-order valence-electron chi connectivity index (χ2n) is 6.15. The molecule has 3 heterocycles. The number of alkyl halides is 3. The van der Waals surface area contributed by atoms with Crippen LogP contribution in [0.3, 0.4) is 0 Å². The van der Waals surface area contributed by atoms with Crippen LogP contribution in [-0.2, 0) is 12.6 Å². The predicted octanol–water partition coefficient (Wildman–Crippen LogP) is 3.03. The number of carbonyl (C=O) groups excluding carboxylic acids is 1. The maximum atomic E-state index is 13.4. The third-order valence-electron chi connectivity index (χ3n) is 4.33. The zero-order valence-corrected chi connectivity index (χ0v) is 13.9. The zero-order valence-electron chi connectivity index (χ0n) is 13.9. The number of hydrogen-bond acceptors (Lipinski definition) is 4. The van der Waals surface area contributed by atoms with Crippen molar-refractivity contribution in [3.8, 4) is 22.8 Å². The molecule has 27 heavy (non-hydrogen) atoms. The number of amides is 1. The van der Waals surface area contributed by atoms with Gasteiger partial charge < -0.3 is 16.0 Å². The number of nitrogens with one attached hydrogen (secondary N) is 2. The van der Waals surface area contributed by atoms with Crippen LogP contribution in [0.25, 0.3) is 22.8 Å². The minimum absolute atomic E-state index is 0.00489. The fourth-order valence-electron chi connectivity index (χ4n) is 3.06. The Morgan fingerprint density at radius 1 is 1.11 bits per heavy atom. The molecule has 3 aromatic rings. The zero-order chi connectivity index (χ0) is 19.2. The summed E-state index contributed by atoms with van der Waals surface area (Å²) < 4.78 is 40.1. The van der Waals surface area contributed by atoms with E-state index in [0.29, 0.717) is 29.9 Å². The molecule has 4 rings (SSSR count). The SMILES string of the molecule is Nc1ccc(-c2nccc(-c3cc4c([nH]3)CCNC4=O)n2)c(C(F)(F)F)c1. The molecule has 4 N–H and O–H groups in total. The van der Waals surface area contributed by atoms with Gasteiger partial charge in [0.15, 0.2) is 5.82 Å². The lowest BCUT2D eigenvalue weighted by atomic mass is 10.1. The molecule has 9 heteroatoms. The van der Waals surface area contributed by atoms with E-state index < -0.39 is 11.7 Å². The molecule has 0 unspecified atom stereocenters. The van der Waals surface area contributed by atoms with Gasteiger partial charge in [-0.15, -0.1) is 0 Å². The van der Waals surface area contributed by atoms with Crippen LogP contribution in [-0.4, -0.2) is 27.4 Å². The average Bonchev–Trinajstić information content (AvgIpc) is 3.07. The first kappa shape index (κ1) is 17.1. The van der Waals surface area contributed by atoms with E-state index in [-0.39, 0.29) is 23.0 Å². The van der Waals surface area contributed by atoms with Gasteiger partial charge in [-0.2, -0.15) is 13.2 Å². The summed E-state index contributed by atoms with van der Waals surface area (Å²) in [6, 6.07) is 6.71. The summed E-state index contributed by atoms with van der Waals surface area (Å²) >= 11 is 0. The summed E-state index contributed by atoms with van der Waals surface area (Å²) in [5.41, 5.74) is 6.69. The maximum Gasteiger partial charge on any atom is 0.417 e. The number of nitrogens with two attached hydrogens (primary N) is 1. The van der Waals surface area contributed by atoms with Gasteiger partial charge in [-0.25, -0.2) is 9.97 Å². The Bertz CT molecular complexity index is 1040. The quantitative estimate of drug-likeness (QED) is 0.602. The highest BCUT2D eigenvalue weighted by atomic mass is 19.4. The molecule has 2 aromatic heterocycles. The molecule has 1 aliphatic heterocycles. The van der Waals surface area contributed by atoms with Crippen LogP contribution in [0.15, 0.2) is 36.5 Å². The topological polar surface area (TPSA) is 96.7 Å². The molecule has 0 fully saturated rings. The Morgan fingerprint density at radius 2 is 1.93 bits per heavy atom. The Labute approximate surface area is 151 Å². The molecular weight excluding hydrogens is 359 g/mol. The molecule has 1 amide bonds. The number of halogens is 3. The summed E-state index contributed by atoms with van der Waals surface area (Å²) in [4.78, 5) is 23.3. The Kier molecular flexibility index (Phi) is 3.87. The van der Waals surface area contributed by atoms with Crippen LogP contribution in [0.1, 0.15) is 21.6 Å². The molecule has 0 spiro atoms. The van der Waals surface area contributed by atoms with Crippen LogP contribution in [0.2, 0.25) is 0 Å². The van der Waals surface area contributed by atoms with E-state index in [1.807, 2.05) is 0 Å². The van der Waals surface area contributed by atoms with E-state index in [2.05, 4.69) is 20.3 Å². The summed E-state index contributed by atoms with van der Waals surface area (Å²) in [7, 11) is 0. The molecule has 0 atom stereocenters. The number of nitrogens with zero attached hydrogens (tertiary/aromatic N) is 2. The first-order valence-corrected chi connectivity index (χ1v) is 8.13. The number of anilines is 1. The number of H-pyrrole nitrogens is 1. The average molecular weight is 373 g/mol. The molecule has 1 aliphatic rings. The lowest BCUT2D eigenvalue weighted by Crippen LogP contribution is -2.31. The highest BCUT2D eigenvalue weighted by molar-refractivity contribution is 5.97. The fourth-order valence-corrected chi connectivity index (χ4v) is 3.06. The Hall–Kier alpha value is -3.36. The van der Waals surface area contributed by atoms with E-state index in [0.717, 1.165) is 11.8 Å². The van der Waals surface area contributed by atoms with Crippen LogP contribution >= 0.6 is 0 Å². The van der Waals surface area contributed by atoms with Crippen molar-refractivity contribution < 1.29 is 18.0 Å². The molecule has 1 aromatic carbocycles. The number of rotatable bonds is 2. The van der Waals surface area contributed by atoms with Crippen LogP contribution in [0, 0.1) is 0 Å². The van der Waals surface area contributed by atoms with Gasteiger partial charge in [-0.3, -0.25) is 4.79 Å². The number of aromatic nitrogens is 3. The van der Waals surface area contributed by atoms with E-state index in [9.17, 15) is 18.0 Å². The number of nitrogen functional groups attached to an aromatic ring is 1. The highest BCUT2D eigenvalue weighted by Gasteiger charge is 2.34. The smallest absolute Gasteiger partial charge is 0.399 e. The van der Waals surface area contributed by atoms with Gasteiger partial charge in [0.05, 0.1) is 22.5 Å². The summed E-state index contributed by atoms with van der Waals surface area (Å²) in [6.07, 6.45) is -2.56. The lowest BCUT2D eigenvalue weighted by Gasteiger charge is -2.13. The van der Waals surface area contributed by atoms with Gasteiger partial charge in [-0.05, 0) is 30.3 Å². The van der Waals surface area contributed by atoms with E-state index >= 15 is 0 Å². The van der Waals surface area contributed by atoms with Gasteiger partial charge in [0.2, 0.25) is 0 Å². The van der Waals surface area contributed by atoms with Crippen molar-refractivity contribution >= 4 is 11.6 Å². The van der Waals surface area contributed by atoms with E-state index in [1.54, 1.807) is 12.1 Å². The molecule has 0 aliphatic carbocycles. The van der Waals surface area contributed by atoms with Gasteiger partial charge >= 0.3 is 6.18 Å². The third-order valence-corrected chi connectivity index (χ3v) is 4.33. The van der Waals surface area contributed by atoms with Crippen molar-refractivity contribution in [2.24, 2.45) is 0 Å². The predicted molar refractivity (Wildman–Crippen MR) is 92.7 cm³/mol. The van der Waals surface area contributed by atoms with E-state index in [4.69, 9.17) is 5.73 Å². The van der Waals surface area contributed by atoms with Crippen molar-refractivity contribution in [2.75, 3.05) is 12.3 Å². The van der Waals surface area contributed by atoms with Gasteiger partial charge in [0.25, 0.3) is 5.91 Å². The maximum absolute atomic E-state index is 13.4. The summed E-state index contributed by atoms with van der Waals surface area (Å²) in [6.45, 7) is 0.529. The third kappa shape index (κ3) is 3.12. The highest BCUT2D eigenvalue weighted by Crippen LogP contribution is 2.37. The normalized spacial score (nSPS) is 14.0. The molecular formula is C18H14F3N5O. The number of carbonyl (C=O) groups is 1.